The van der Waals surface area contributed by atoms with Gasteiger partial charge in [-0.1, -0.05) is 29.8 Å². The smallest absolute Gasteiger partial charge is 0.0764 e. The first kappa shape index (κ1) is 12.8. The van der Waals surface area contributed by atoms with Gasteiger partial charge in [-0.15, -0.1) is 0 Å². The largest absolute Gasteiger partial charge is 0.326 e. The van der Waals surface area contributed by atoms with Crippen molar-refractivity contribution in [2.45, 2.75) is 31.8 Å². The number of hydrogen-bond acceptors (Lipinski definition) is 3. The number of benzene rings is 1. The molecule has 1 aromatic carbocycles. The van der Waals surface area contributed by atoms with Gasteiger partial charge in [0.1, 0.15) is 0 Å². The van der Waals surface area contributed by atoms with Gasteiger partial charge in [0.05, 0.1) is 12.6 Å². The van der Waals surface area contributed by atoms with Crippen LogP contribution in [-0.2, 0) is 4.84 Å². The number of hydroxylamine groups is 2. The summed E-state index contributed by atoms with van der Waals surface area (Å²) in [5, 5.41) is 2.74. The van der Waals surface area contributed by atoms with E-state index in [0.29, 0.717) is 0 Å². The summed E-state index contributed by atoms with van der Waals surface area (Å²) >= 11 is 6.24. The molecule has 2 N–H and O–H groups in total. The maximum atomic E-state index is 6.24. The third kappa shape index (κ3) is 2.99. The van der Waals surface area contributed by atoms with Crippen molar-refractivity contribution in [2.75, 3.05) is 13.2 Å². The molecule has 0 aromatic heterocycles. The Hall–Kier alpha value is -0.610. The van der Waals surface area contributed by atoms with Crippen LogP contribution < -0.4 is 5.73 Å². The topological polar surface area (TPSA) is 38.5 Å². The fourth-order valence-corrected chi connectivity index (χ4v) is 2.50. The Morgan fingerprint density at radius 1 is 1.35 bits per heavy atom. The molecule has 1 fully saturated rings. The first-order valence-corrected chi connectivity index (χ1v) is 6.47. The minimum atomic E-state index is -0.0204. The minimum Gasteiger partial charge on any atom is -0.326 e. The highest BCUT2D eigenvalue weighted by Gasteiger charge is 2.28. The molecule has 94 valence electrons. The van der Waals surface area contributed by atoms with Gasteiger partial charge in [-0.05, 0) is 31.4 Å². The molecule has 2 atom stereocenters. The lowest BCUT2D eigenvalue weighted by atomic mass is 10.00. The van der Waals surface area contributed by atoms with Crippen molar-refractivity contribution in [3.8, 4) is 0 Å². The van der Waals surface area contributed by atoms with Gasteiger partial charge >= 0.3 is 0 Å². The first-order valence-electron chi connectivity index (χ1n) is 6.09. The lowest BCUT2D eigenvalue weighted by molar-refractivity contribution is -0.211. The fourth-order valence-electron chi connectivity index (χ4n) is 2.25. The van der Waals surface area contributed by atoms with E-state index in [9.17, 15) is 0 Å². The van der Waals surface area contributed by atoms with Crippen molar-refractivity contribution in [1.82, 2.24) is 5.06 Å². The van der Waals surface area contributed by atoms with Gasteiger partial charge in [-0.3, -0.25) is 4.84 Å². The van der Waals surface area contributed by atoms with Crippen LogP contribution in [0.25, 0.3) is 0 Å². The van der Waals surface area contributed by atoms with Gasteiger partial charge < -0.3 is 5.73 Å². The van der Waals surface area contributed by atoms with Gasteiger partial charge in [0.15, 0.2) is 0 Å². The SMILES string of the molecule is CC(N)C(c1ccccc1Cl)N1CCCCO1. The number of rotatable bonds is 3. The second kappa shape index (κ2) is 5.83. The highest BCUT2D eigenvalue weighted by Crippen LogP contribution is 2.31. The van der Waals surface area contributed by atoms with E-state index < -0.39 is 0 Å². The number of nitrogens with zero attached hydrogens (tertiary/aromatic N) is 1. The average Bonchev–Trinajstić information content (AvgIpc) is 2.33. The maximum Gasteiger partial charge on any atom is 0.0764 e. The van der Waals surface area contributed by atoms with Crippen molar-refractivity contribution in [1.29, 1.82) is 0 Å². The molecule has 1 aliphatic rings. The summed E-state index contributed by atoms with van der Waals surface area (Å²) in [7, 11) is 0. The first-order chi connectivity index (χ1) is 8.20. The summed E-state index contributed by atoms with van der Waals surface area (Å²) in [5.74, 6) is 0. The summed E-state index contributed by atoms with van der Waals surface area (Å²) < 4.78 is 0. The van der Waals surface area contributed by atoms with E-state index in [0.717, 1.165) is 36.6 Å². The molecule has 0 amide bonds. The van der Waals surface area contributed by atoms with Crippen molar-refractivity contribution < 1.29 is 4.84 Å². The molecular weight excluding hydrogens is 236 g/mol. The van der Waals surface area contributed by atoms with Gasteiger partial charge in [0.25, 0.3) is 0 Å². The molecule has 17 heavy (non-hydrogen) atoms. The van der Waals surface area contributed by atoms with Gasteiger partial charge in [0.2, 0.25) is 0 Å². The molecule has 1 saturated heterocycles. The van der Waals surface area contributed by atoms with Crippen LogP contribution in [0, 0.1) is 0 Å². The van der Waals surface area contributed by atoms with Crippen LogP contribution in [0.5, 0.6) is 0 Å². The zero-order valence-electron chi connectivity index (χ0n) is 10.1. The highest BCUT2D eigenvalue weighted by molar-refractivity contribution is 6.31. The van der Waals surface area contributed by atoms with E-state index in [-0.39, 0.29) is 12.1 Å². The Labute approximate surface area is 107 Å². The van der Waals surface area contributed by atoms with Crippen molar-refractivity contribution in [2.24, 2.45) is 5.73 Å². The second-order valence-electron chi connectivity index (χ2n) is 4.51. The predicted octanol–water partition coefficient (Wildman–Crippen LogP) is 2.76. The molecule has 0 spiro atoms. The van der Waals surface area contributed by atoms with Crippen LogP contribution in [0.3, 0.4) is 0 Å². The van der Waals surface area contributed by atoms with Gasteiger partial charge in [-0.25, -0.2) is 0 Å². The zero-order chi connectivity index (χ0) is 12.3. The Bertz CT molecular complexity index is 364. The summed E-state index contributed by atoms with van der Waals surface area (Å²) in [6.07, 6.45) is 2.26. The minimum absolute atomic E-state index is 0.0204. The normalized spacial score (nSPS) is 21.1. The van der Waals surface area contributed by atoms with Crippen LogP contribution in [0.1, 0.15) is 31.4 Å². The summed E-state index contributed by atoms with van der Waals surface area (Å²) in [5.41, 5.74) is 7.14. The molecule has 0 aliphatic carbocycles. The standard InChI is InChI=1S/C13H19ClN2O/c1-10(15)13(16-8-4-5-9-17-16)11-6-2-3-7-12(11)14/h2-3,6-7,10,13H,4-5,8-9,15H2,1H3. The van der Waals surface area contributed by atoms with E-state index in [1.165, 1.54) is 0 Å². The lowest BCUT2D eigenvalue weighted by Crippen LogP contribution is -2.42. The third-order valence-corrected chi connectivity index (χ3v) is 3.41. The summed E-state index contributed by atoms with van der Waals surface area (Å²) in [6.45, 7) is 3.68. The molecule has 2 unspecified atom stereocenters. The summed E-state index contributed by atoms with van der Waals surface area (Å²) in [6, 6.07) is 7.85. The number of hydrogen-bond donors (Lipinski definition) is 1. The van der Waals surface area contributed by atoms with Gasteiger partial charge in [0, 0.05) is 17.6 Å². The molecular formula is C13H19ClN2O. The van der Waals surface area contributed by atoms with Crippen LogP contribution in [-0.4, -0.2) is 24.3 Å². The Balaban J connectivity index is 2.25. The van der Waals surface area contributed by atoms with Crippen molar-refractivity contribution in [3.05, 3.63) is 34.9 Å². The lowest BCUT2D eigenvalue weighted by Gasteiger charge is -2.36. The molecule has 3 nitrogen and oxygen atoms in total. The van der Waals surface area contributed by atoms with E-state index >= 15 is 0 Å². The van der Waals surface area contributed by atoms with Crippen LogP contribution in [0.15, 0.2) is 24.3 Å². The van der Waals surface area contributed by atoms with E-state index in [4.69, 9.17) is 22.2 Å². The Kier molecular flexibility index (Phi) is 4.40. The van der Waals surface area contributed by atoms with Crippen molar-refractivity contribution >= 4 is 11.6 Å². The molecule has 0 saturated carbocycles. The van der Waals surface area contributed by atoms with Crippen LogP contribution in [0.2, 0.25) is 5.02 Å². The monoisotopic (exact) mass is 254 g/mol. The molecule has 1 aliphatic heterocycles. The van der Waals surface area contributed by atoms with Crippen LogP contribution in [0.4, 0.5) is 0 Å². The Morgan fingerprint density at radius 2 is 2.12 bits per heavy atom. The molecule has 1 heterocycles. The van der Waals surface area contributed by atoms with Gasteiger partial charge in [-0.2, -0.15) is 5.06 Å². The Morgan fingerprint density at radius 3 is 2.71 bits per heavy atom. The molecule has 4 heteroatoms. The second-order valence-corrected chi connectivity index (χ2v) is 4.91. The average molecular weight is 255 g/mol. The maximum absolute atomic E-state index is 6.24. The molecule has 0 radical (unpaired) electrons. The number of nitrogens with two attached hydrogens (primary N) is 1. The van der Waals surface area contributed by atoms with Crippen LogP contribution >= 0.6 is 11.6 Å². The predicted molar refractivity (Wildman–Crippen MR) is 69.7 cm³/mol. The van der Waals surface area contributed by atoms with E-state index in [2.05, 4.69) is 0 Å². The molecule has 0 bridgehead atoms. The third-order valence-electron chi connectivity index (χ3n) is 3.06. The van der Waals surface area contributed by atoms with Crippen molar-refractivity contribution in [3.63, 3.8) is 0 Å². The quantitative estimate of drug-likeness (QED) is 0.902. The van der Waals surface area contributed by atoms with E-state index in [1.807, 2.05) is 36.3 Å². The highest BCUT2D eigenvalue weighted by atomic mass is 35.5. The molecule has 2 rings (SSSR count). The fraction of sp³-hybridized carbons (Fsp3) is 0.538. The molecule has 1 aromatic rings. The number of halogens is 1. The van der Waals surface area contributed by atoms with E-state index in [1.54, 1.807) is 0 Å². The summed E-state index contributed by atoms with van der Waals surface area (Å²) in [4.78, 5) is 5.71. The zero-order valence-corrected chi connectivity index (χ0v) is 10.9.